The van der Waals surface area contributed by atoms with E-state index in [1.165, 1.54) is 0 Å². The molecule has 0 bridgehead atoms. The summed E-state index contributed by atoms with van der Waals surface area (Å²) in [5, 5.41) is 3.12. The molecule has 0 aliphatic rings. The molecule has 1 rings (SSSR count). The Hall–Kier alpha value is -0.540. The molecular weight excluding hydrogens is 218 g/mol. The molecule has 1 aromatic rings. The number of likely N-dealkylation sites (N-methyl/N-ethyl adjacent to an activating group) is 1. The first kappa shape index (κ1) is 9.55. The minimum atomic E-state index is 0.108. The maximum absolute atomic E-state index is 5.39. The summed E-state index contributed by atoms with van der Waals surface area (Å²) < 4.78 is 6.14. The second kappa shape index (κ2) is 3.92. The van der Waals surface area contributed by atoms with Crippen molar-refractivity contribution in [3.63, 3.8) is 0 Å². The first-order chi connectivity index (χ1) is 5.65. The summed E-state index contributed by atoms with van der Waals surface area (Å²) in [4.78, 5) is 0. The zero-order chi connectivity index (χ0) is 9.14. The molecule has 0 saturated heterocycles. The molecule has 66 valence electrons. The number of rotatable bonds is 3. The summed E-state index contributed by atoms with van der Waals surface area (Å²) in [7, 11) is 1.88. The summed E-state index contributed by atoms with van der Waals surface area (Å²) in [6.45, 7) is 5.84. The highest BCUT2D eigenvalue weighted by Crippen LogP contribution is 2.24. The molecule has 1 aromatic heterocycles. The van der Waals surface area contributed by atoms with Crippen LogP contribution in [-0.4, -0.2) is 7.05 Å². The average Bonchev–Trinajstić information content (AvgIpc) is 2.37. The first-order valence-electron chi connectivity index (χ1n) is 3.73. The van der Waals surface area contributed by atoms with Crippen molar-refractivity contribution in [3.05, 3.63) is 34.7 Å². The van der Waals surface area contributed by atoms with Crippen LogP contribution in [0, 0.1) is 0 Å². The first-order valence-corrected chi connectivity index (χ1v) is 4.52. The molecule has 2 nitrogen and oxygen atoms in total. The minimum Gasteiger partial charge on any atom is -0.452 e. The molecule has 0 amide bonds. The fourth-order valence-corrected chi connectivity index (χ4v) is 1.43. The van der Waals surface area contributed by atoms with E-state index in [9.17, 15) is 0 Å². The highest BCUT2D eigenvalue weighted by Gasteiger charge is 2.12. The van der Waals surface area contributed by atoms with Gasteiger partial charge >= 0.3 is 0 Å². The van der Waals surface area contributed by atoms with E-state index in [0.717, 1.165) is 16.0 Å². The van der Waals surface area contributed by atoms with E-state index in [1.54, 1.807) is 0 Å². The van der Waals surface area contributed by atoms with Crippen molar-refractivity contribution in [2.45, 2.75) is 13.0 Å². The molecule has 1 heterocycles. The van der Waals surface area contributed by atoms with E-state index >= 15 is 0 Å². The van der Waals surface area contributed by atoms with Crippen LogP contribution in [0.1, 0.15) is 18.7 Å². The number of hydrogen-bond acceptors (Lipinski definition) is 2. The Kier molecular flexibility index (Phi) is 3.12. The maximum atomic E-state index is 5.39. The van der Waals surface area contributed by atoms with E-state index in [4.69, 9.17) is 4.42 Å². The van der Waals surface area contributed by atoms with Crippen LogP contribution in [0.2, 0.25) is 0 Å². The molecule has 12 heavy (non-hydrogen) atoms. The molecule has 1 unspecified atom stereocenters. The molecule has 0 aliphatic carbocycles. The maximum Gasteiger partial charge on any atom is 0.169 e. The van der Waals surface area contributed by atoms with Gasteiger partial charge in [0, 0.05) is 0 Å². The van der Waals surface area contributed by atoms with E-state index in [1.807, 2.05) is 26.1 Å². The highest BCUT2D eigenvalue weighted by atomic mass is 79.9. The molecule has 0 fully saturated rings. The average molecular weight is 230 g/mol. The van der Waals surface area contributed by atoms with E-state index in [-0.39, 0.29) is 6.04 Å². The normalized spacial score (nSPS) is 12.9. The van der Waals surface area contributed by atoms with Crippen molar-refractivity contribution >= 4 is 15.9 Å². The number of furan rings is 1. The van der Waals surface area contributed by atoms with Gasteiger partial charge in [0.2, 0.25) is 0 Å². The lowest BCUT2D eigenvalue weighted by Crippen LogP contribution is -2.16. The second-order valence-electron chi connectivity index (χ2n) is 2.71. The zero-order valence-electron chi connectivity index (χ0n) is 7.23. The van der Waals surface area contributed by atoms with Crippen molar-refractivity contribution in [3.8, 4) is 0 Å². The van der Waals surface area contributed by atoms with Gasteiger partial charge in [-0.25, -0.2) is 0 Å². The predicted octanol–water partition coefficient (Wildman–Crippen LogP) is 2.88. The lowest BCUT2D eigenvalue weighted by molar-refractivity contribution is 0.444. The van der Waals surface area contributed by atoms with Crippen LogP contribution in [0.25, 0.3) is 0 Å². The van der Waals surface area contributed by atoms with Gasteiger partial charge in [-0.05, 0) is 42.0 Å². The fourth-order valence-electron chi connectivity index (χ4n) is 1.11. The third kappa shape index (κ3) is 1.99. The van der Waals surface area contributed by atoms with Crippen LogP contribution in [-0.2, 0) is 0 Å². The molecule has 0 saturated carbocycles. The number of nitrogens with one attached hydrogen (secondary N) is 1. The van der Waals surface area contributed by atoms with Crippen molar-refractivity contribution in [1.29, 1.82) is 0 Å². The Labute approximate surface area is 80.8 Å². The molecular formula is C9H12BrNO. The number of hydrogen-bond donors (Lipinski definition) is 1. The summed E-state index contributed by atoms with van der Waals surface area (Å²) >= 11 is 3.25. The third-order valence-corrected chi connectivity index (χ3v) is 2.09. The van der Waals surface area contributed by atoms with Crippen molar-refractivity contribution < 1.29 is 4.42 Å². The van der Waals surface area contributed by atoms with E-state index in [0.29, 0.717) is 0 Å². The fraction of sp³-hybridized carbons (Fsp3) is 0.333. The van der Waals surface area contributed by atoms with Crippen LogP contribution in [0.3, 0.4) is 0 Å². The Morgan fingerprint density at radius 3 is 2.67 bits per heavy atom. The summed E-state index contributed by atoms with van der Waals surface area (Å²) in [5.41, 5.74) is 1.04. The van der Waals surface area contributed by atoms with E-state index < -0.39 is 0 Å². The molecule has 1 N–H and O–H groups in total. The molecule has 0 spiro atoms. The van der Waals surface area contributed by atoms with Crippen molar-refractivity contribution in [2.24, 2.45) is 0 Å². The molecule has 3 heteroatoms. The smallest absolute Gasteiger partial charge is 0.169 e. The zero-order valence-corrected chi connectivity index (χ0v) is 8.81. The van der Waals surface area contributed by atoms with Crippen LogP contribution >= 0.6 is 15.9 Å². The van der Waals surface area contributed by atoms with Gasteiger partial charge in [-0.1, -0.05) is 12.2 Å². The van der Waals surface area contributed by atoms with Crippen LogP contribution in [0.5, 0.6) is 0 Å². The van der Waals surface area contributed by atoms with Gasteiger partial charge < -0.3 is 9.73 Å². The second-order valence-corrected chi connectivity index (χ2v) is 3.49. The number of halogens is 1. The SMILES string of the molecule is C=C(C)C(NC)c1ccc(Br)o1. The van der Waals surface area contributed by atoms with Crippen LogP contribution in [0.4, 0.5) is 0 Å². The largest absolute Gasteiger partial charge is 0.452 e. The summed E-state index contributed by atoms with van der Waals surface area (Å²) in [5.74, 6) is 0.886. The standard InChI is InChI=1S/C9H12BrNO/c1-6(2)9(11-3)7-4-5-8(10)12-7/h4-5,9,11H,1H2,2-3H3. The van der Waals surface area contributed by atoms with Gasteiger partial charge in [0.1, 0.15) is 5.76 Å². The lowest BCUT2D eigenvalue weighted by atomic mass is 10.1. The van der Waals surface area contributed by atoms with Gasteiger partial charge in [-0.2, -0.15) is 0 Å². The Morgan fingerprint density at radius 2 is 2.33 bits per heavy atom. The Morgan fingerprint density at radius 1 is 1.67 bits per heavy atom. The molecule has 0 radical (unpaired) electrons. The quantitative estimate of drug-likeness (QED) is 0.807. The van der Waals surface area contributed by atoms with Gasteiger partial charge in [-0.3, -0.25) is 0 Å². The predicted molar refractivity (Wildman–Crippen MR) is 53.0 cm³/mol. The van der Waals surface area contributed by atoms with Crippen molar-refractivity contribution in [1.82, 2.24) is 5.32 Å². The van der Waals surface area contributed by atoms with Crippen LogP contribution < -0.4 is 5.32 Å². The van der Waals surface area contributed by atoms with Crippen LogP contribution in [0.15, 0.2) is 33.4 Å². The minimum absolute atomic E-state index is 0.108. The van der Waals surface area contributed by atoms with Gasteiger partial charge in [0.15, 0.2) is 4.67 Å². The Bertz CT molecular complexity index is 280. The molecule has 0 aromatic carbocycles. The highest BCUT2D eigenvalue weighted by molar-refractivity contribution is 9.10. The monoisotopic (exact) mass is 229 g/mol. The van der Waals surface area contributed by atoms with Crippen molar-refractivity contribution in [2.75, 3.05) is 7.05 Å². The topological polar surface area (TPSA) is 25.2 Å². The van der Waals surface area contributed by atoms with E-state index in [2.05, 4.69) is 27.8 Å². The summed E-state index contributed by atoms with van der Waals surface area (Å²) in [6, 6.07) is 3.92. The van der Waals surface area contributed by atoms with Gasteiger partial charge in [0.25, 0.3) is 0 Å². The molecule has 0 aliphatic heterocycles. The third-order valence-electron chi connectivity index (χ3n) is 1.66. The summed E-state index contributed by atoms with van der Waals surface area (Å²) in [6.07, 6.45) is 0. The molecule has 1 atom stereocenters. The lowest BCUT2D eigenvalue weighted by Gasteiger charge is -2.12. The van der Waals surface area contributed by atoms with Gasteiger partial charge in [-0.15, -0.1) is 0 Å². The Balaban J connectivity index is 2.87. The van der Waals surface area contributed by atoms with Gasteiger partial charge in [0.05, 0.1) is 6.04 Å².